The number of fused-ring (bicyclic) bond motifs is 1. The molecule has 1 aliphatic heterocycles. The van der Waals surface area contributed by atoms with Gasteiger partial charge in [-0.3, -0.25) is 14.8 Å². The molecule has 3 aromatic rings. The minimum atomic E-state index is -0.513. The van der Waals surface area contributed by atoms with Crippen molar-refractivity contribution < 1.29 is 14.4 Å². The lowest BCUT2D eigenvalue weighted by atomic mass is 10.0. The van der Waals surface area contributed by atoms with Gasteiger partial charge in [0, 0.05) is 13.6 Å². The third kappa shape index (κ3) is 4.11. The van der Waals surface area contributed by atoms with Crippen LogP contribution in [0.1, 0.15) is 34.0 Å². The molecule has 156 valence electrons. The third-order valence-corrected chi connectivity index (χ3v) is 5.78. The van der Waals surface area contributed by atoms with E-state index >= 15 is 0 Å². The van der Waals surface area contributed by atoms with Crippen LogP contribution in [-0.4, -0.2) is 56.4 Å². The highest BCUT2D eigenvalue weighted by atomic mass is 32.1. The molecule has 0 saturated heterocycles. The van der Waals surface area contributed by atoms with Crippen LogP contribution < -0.4 is 0 Å². The zero-order valence-electron chi connectivity index (χ0n) is 16.5. The zero-order valence-corrected chi connectivity index (χ0v) is 17.3. The molecule has 0 bridgehead atoms. The minimum absolute atomic E-state index is 0.177. The lowest BCUT2D eigenvalue weighted by molar-refractivity contribution is -0.165. The first-order chi connectivity index (χ1) is 14.7. The first-order valence-corrected chi connectivity index (χ1v) is 10.3. The van der Waals surface area contributed by atoms with E-state index in [9.17, 15) is 4.79 Å². The Morgan fingerprint density at radius 2 is 2.23 bits per heavy atom. The van der Waals surface area contributed by atoms with Crippen molar-refractivity contribution >= 4 is 17.4 Å². The fourth-order valence-corrected chi connectivity index (χ4v) is 4.33. The highest BCUT2D eigenvalue weighted by Gasteiger charge is 2.43. The van der Waals surface area contributed by atoms with E-state index in [0.29, 0.717) is 19.0 Å². The summed E-state index contributed by atoms with van der Waals surface area (Å²) >= 11 is 1.52. The van der Waals surface area contributed by atoms with E-state index in [-0.39, 0.29) is 12.6 Å². The van der Waals surface area contributed by atoms with E-state index in [1.807, 2.05) is 37.4 Å². The number of carbonyl (C=O) groups excluding carboxylic acids is 1. The van der Waals surface area contributed by atoms with E-state index < -0.39 is 12.1 Å². The standard InChI is InChI=1S/C20H22N6O3S/c1-3-9-29-25(2)15-10-26(20(27)28-11-14-7-5-4-6-8-14)17(19-21-12-23-24-19)16-18(15)30-13-22-16/h3-8,12-13,15,17H,1,9-11H2,2H3,(H,21,23,24). The maximum Gasteiger partial charge on any atom is 0.411 e. The molecule has 9 nitrogen and oxygen atoms in total. The Morgan fingerprint density at radius 1 is 1.40 bits per heavy atom. The van der Waals surface area contributed by atoms with E-state index in [0.717, 1.165) is 16.1 Å². The van der Waals surface area contributed by atoms with Gasteiger partial charge < -0.3 is 4.74 Å². The highest BCUT2D eigenvalue weighted by molar-refractivity contribution is 7.09. The normalized spacial score (nSPS) is 18.3. The molecule has 1 N–H and O–H groups in total. The van der Waals surface area contributed by atoms with Gasteiger partial charge in [0.1, 0.15) is 19.0 Å². The number of aromatic nitrogens is 4. The largest absolute Gasteiger partial charge is 0.445 e. The average molecular weight is 427 g/mol. The van der Waals surface area contributed by atoms with Crippen LogP contribution in [0, 0.1) is 0 Å². The minimum Gasteiger partial charge on any atom is -0.445 e. The van der Waals surface area contributed by atoms with E-state index in [4.69, 9.17) is 9.57 Å². The van der Waals surface area contributed by atoms with Crippen LogP contribution in [0.3, 0.4) is 0 Å². The molecule has 0 fully saturated rings. The van der Waals surface area contributed by atoms with Crippen molar-refractivity contribution in [3.8, 4) is 0 Å². The van der Waals surface area contributed by atoms with Gasteiger partial charge in [0.25, 0.3) is 0 Å². The van der Waals surface area contributed by atoms with Gasteiger partial charge in [-0.1, -0.05) is 36.4 Å². The van der Waals surface area contributed by atoms with Gasteiger partial charge in [-0.05, 0) is 5.56 Å². The van der Waals surface area contributed by atoms with Crippen LogP contribution in [0.15, 0.2) is 54.8 Å². The second kappa shape index (κ2) is 9.16. The molecule has 1 amide bonds. The van der Waals surface area contributed by atoms with Crippen LogP contribution >= 0.6 is 11.3 Å². The van der Waals surface area contributed by atoms with Crippen LogP contribution in [0.2, 0.25) is 0 Å². The number of likely N-dealkylation sites (N-methyl/N-ethyl adjacent to an activating group) is 1. The Bertz CT molecular complexity index is 978. The second-order valence-corrected chi connectivity index (χ2v) is 7.60. The van der Waals surface area contributed by atoms with Crippen molar-refractivity contribution in [2.45, 2.75) is 18.7 Å². The first-order valence-electron chi connectivity index (χ1n) is 9.41. The SMILES string of the molecule is C=CCON(C)C1CN(C(=O)OCc2ccccc2)C(c2ncn[nH]2)c2ncsc21. The fourth-order valence-electron chi connectivity index (χ4n) is 3.39. The van der Waals surface area contributed by atoms with Crippen molar-refractivity contribution in [3.63, 3.8) is 0 Å². The van der Waals surface area contributed by atoms with Crippen LogP contribution in [-0.2, 0) is 16.2 Å². The van der Waals surface area contributed by atoms with Crippen molar-refractivity contribution in [1.82, 2.24) is 30.1 Å². The molecule has 0 aliphatic carbocycles. The van der Waals surface area contributed by atoms with Crippen LogP contribution in [0.5, 0.6) is 0 Å². The first kappa shape index (κ1) is 20.2. The van der Waals surface area contributed by atoms with Gasteiger partial charge in [0.2, 0.25) is 0 Å². The Labute approximate surface area is 177 Å². The van der Waals surface area contributed by atoms with E-state index in [1.54, 1.807) is 21.5 Å². The molecule has 1 aromatic carbocycles. The van der Waals surface area contributed by atoms with Crippen molar-refractivity contribution in [3.05, 3.63) is 76.8 Å². The number of aromatic amines is 1. The lowest BCUT2D eigenvalue weighted by Crippen LogP contribution is -2.46. The van der Waals surface area contributed by atoms with Crippen LogP contribution in [0.25, 0.3) is 0 Å². The molecule has 0 saturated carbocycles. The summed E-state index contributed by atoms with van der Waals surface area (Å²) in [4.78, 5) is 30.3. The average Bonchev–Trinajstić information content (AvgIpc) is 3.47. The Kier molecular flexibility index (Phi) is 6.17. The van der Waals surface area contributed by atoms with Gasteiger partial charge in [0.15, 0.2) is 5.82 Å². The summed E-state index contributed by atoms with van der Waals surface area (Å²) in [5, 5.41) is 8.55. The van der Waals surface area contributed by atoms with Crippen molar-refractivity contribution in [1.29, 1.82) is 0 Å². The molecule has 2 unspecified atom stereocenters. The van der Waals surface area contributed by atoms with Crippen LogP contribution in [0.4, 0.5) is 4.79 Å². The summed E-state index contributed by atoms with van der Waals surface area (Å²) < 4.78 is 5.62. The molecule has 1 aliphatic rings. The molecule has 2 aromatic heterocycles. The molecule has 10 heteroatoms. The predicted octanol–water partition coefficient (Wildman–Crippen LogP) is 3.09. The number of ether oxygens (including phenoxy) is 1. The maximum absolute atomic E-state index is 13.1. The molecule has 4 rings (SSSR count). The summed E-state index contributed by atoms with van der Waals surface area (Å²) in [6.07, 6.45) is 2.64. The highest BCUT2D eigenvalue weighted by Crippen LogP contribution is 2.41. The summed E-state index contributed by atoms with van der Waals surface area (Å²) in [5.74, 6) is 0.534. The summed E-state index contributed by atoms with van der Waals surface area (Å²) in [6.45, 7) is 4.58. The molecule has 3 heterocycles. The van der Waals surface area contributed by atoms with Gasteiger partial charge in [0.05, 0.1) is 28.7 Å². The van der Waals surface area contributed by atoms with Gasteiger partial charge in [-0.25, -0.2) is 14.8 Å². The number of hydrogen-bond acceptors (Lipinski definition) is 8. The third-order valence-electron chi connectivity index (χ3n) is 4.83. The predicted molar refractivity (Wildman–Crippen MR) is 110 cm³/mol. The number of hydrogen-bond donors (Lipinski definition) is 1. The monoisotopic (exact) mass is 426 g/mol. The number of thiazole rings is 1. The topological polar surface area (TPSA) is 96.5 Å². The zero-order chi connectivity index (χ0) is 20.9. The second-order valence-electron chi connectivity index (χ2n) is 6.71. The smallest absolute Gasteiger partial charge is 0.411 e. The summed E-state index contributed by atoms with van der Waals surface area (Å²) in [6, 6.07) is 8.85. The van der Waals surface area contributed by atoms with Crippen molar-refractivity contribution in [2.24, 2.45) is 0 Å². The number of hydroxylamine groups is 2. The summed E-state index contributed by atoms with van der Waals surface area (Å²) in [5.41, 5.74) is 3.41. The molecule has 30 heavy (non-hydrogen) atoms. The van der Waals surface area contributed by atoms with Gasteiger partial charge >= 0.3 is 6.09 Å². The summed E-state index contributed by atoms with van der Waals surface area (Å²) in [7, 11) is 1.83. The molecular formula is C20H22N6O3S. The van der Waals surface area contributed by atoms with Gasteiger partial charge in [-0.15, -0.1) is 17.9 Å². The molecule has 0 spiro atoms. The van der Waals surface area contributed by atoms with E-state index in [1.165, 1.54) is 17.7 Å². The molecule has 0 radical (unpaired) electrons. The van der Waals surface area contributed by atoms with Crippen molar-refractivity contribution in [2.75, 3.05) is 20.2 Å². The number of carbonyl (C=O) groups is 1. The van der Waals surface area contributed by atoms with Gasteiger partial charge in [-0.2, -0.15) is 10.2 Å². The number of benzene rings is 1. The Hall–Kier alpha value is -3.08. The maximum atomic E-state index is 13.1. The number of nitrogens with one attached hydrogen (secondary N) is 1. The molecular weight excluding hydrogens is 404 g/mol. The Balaban J connectivity index is 1.62. The number of nitrogens with zero attached hydrogens (tertiary/aromatic N) is 5. The number of H-pyrrole nitrogens is 1. The number of rotatable bonds is 7. The van der Waals surface area contributed by atoms with E-state index in [2.05, 4.69) is 26.7 Å². The number of amides is 1. The fraction of sp³-hybridized carbons (Fsp3) is 0.300. The quantitative estimate of drug-likeness (QED) is 0.458. The molecule has 2 atom stereocenters. The Morgan fingerprint density at radius 3 is 2.97 bits per heavy atom. The lowest BCUT2D eigenvalue weighted by Gasteiger charge is -2.39.